The second-order valence-electron chi connectivity index (χ2n) is 5.40. The molecule has 2 rings (SSSR count). The molecule has 2 aromatic rings. The monoisotopic (exact) mass is 285 g/mol. The highest BCUT2D eigenvalue weighted by Gasteiger charge is 2.02. The van der Waals surface area contributed by atoms with Gasteiger partial charge in [-0.25, -0.2) is 0 Å². The summed E-state index contributed by atoms with van der Waals surface area (Å²) in [5.74, 6) is 1.04. The van der Waals surface area contributed by atoms with E-state index in [0.29, 0.717) is 0 Å². The van der Waals surface area contributed by atoms with E-state index in [2.05, 4.69) is 62.5 Å². The van der Waals surface area contributed by atoms with Gasteiger partial charge in [-0.2, -0.15) is 0 Å². The van der Waals surface area contributed by atoms with Crippen molar-refractivity contribution >= 4 is 11.8 Å². The molecule has 0 bridgehead atoms. The SMILES string of the molecule is CNCc1ccc(SCc2cc(C)cc(C)c2)cc1C. The van der Waals surface area contributed by atoms with Gasteiger partial charge in [-0.15, -0.1) is 11.8 Å². The van der Waals surface area contributed by atoms with Gasteiger partial charge in [-0.3, -0.25) is 0 Å². The Hall–Kier alpha value is -1.25. The van der Waals surface area contributed by atoms with Gasteiger partial charge in [0, 0.05) is 17.2 Å². The quantitative estimate of drug-likeness (QED) is 0.804. The van der Waals surface area contributed by atoms with Crippen molar-refractivity contribution in [1.29, 1.82) is 0 Å². The molecule has 0 atom stereocenters. The maximum absolute atomic E-state index is 3.21. The molecule has 1 N–H and O–H groups in total. The zero-order valence-corrected chi connectivity index (χ0v) is 13.6. The Morgan fingerprint density at radius 3 is 2.25 bits per heavy atom. The second-order valence-corrected chi connectivity index (χ2v) is 6.45. The molecule has 1 nitrogen and oxygen atoms in total. The molecule has 0 amide bonds. The van der Waals surface area contributed by atoms with Crippen molar-refractivity contribution in [2.45, 2.75) is 38.0 Å². The Bertz CT molecular complexity index is 570. The van der Waals surface area contributed by atoms with Crippen LogP contribution in [0.15, 0.2) is 41.3 Å². The summed E-state index contributed by atoms with van der Waals surface area (Å²) in [5, 5.41) is 3.21. The van der Waals surface area contributed by atoms with Crippen molar-refractivity contribution in [3.8, 4) is 0 Å². The molecule has 0 fully saturated rings. The summed E-state index contributed by atoms with van der Waals surface area (Å²) in [4.78, 5) is 1.35. The molecular formula is C18H23NS. The van der Waals surface area contributed by atoms with Crippen LogP contribution in [-0.4, -0.2) is 7.05 Å². The first-order chi connectivity index (χ1) is 9.58. The second kappa shape index (κ2) is 6.96. The van der Waals surface area contributed by atoms with E-state index < -0.39 is 0 Å². The lowest BCUT2D eigenvalue weighted by molar-refractivity contribution is 0.811. The van der Waals surface area contributed by atoms with Crippen LogP contribution in [-0.2, 0) is 12.3 Å². The molecule has 0 spiro atoms. The number of rotatable bonds is 5. The Kier molecular flexibility index (Phi) is 5.27. The lowest BCUT2D eigenvalue weighted by Gasteiger charge is -2.09. The van der Waals surface area contributed by atoms with Gasteiger partial charge in [0.25, 0.3) is 0 Å². The third kappa shape index (κ3) is 4.12. The fraction of sp³-hybridized carbons (Fsp3) is 0.333. The normalized spacial score (nSPS) is 10.8. The Morgan fingerprint density at radius 1 is 0.950 bits per heavy atom. The van der Waals surface area contributed by atoms with Crippen LogP contribution in [0, 0.1) is 20.8 Å². The lowest BCUT2D eigenvalue weighted by atomic mass is 10.1. The highest BCUT2D eigenvalue weighted by molar-refractivity contribution is 7.98. The Morgan fingerprint density at radius 2 is 1.65 bits per heavy atom. The van der Waals surface area contributed by atoms with Gasteiger partial charge >= 0.3 is 0 Å². The van der Waals surface area contributed by atoms with Crippen LogP contribution in [0.2, 0.25) is 0 Å². The van der Waals surface area contributed by atoms with Crippen LogP contribution >= 0.6 is 11.8 Å². The van der Waals surface area contributed by atoms with E-state index >= 15 is 0 Å². The number of hydrogen-bond acceptors (Lipinski definition) is 2. The van der Waals surface area contributed by atoms with Gasteiger partial charge < -0.3 is 5.32 Å². The molecule has 0 aliphatic carbocycles. The minimum absolute atomic E-state index is 0.938. The topological polar surface area (TPSA) is 12.0 Å². The summed E-state index contributed by atoms with van der Waals surface area (Å²) in [6.45, 7) is 7.46. The van der Waals surface area contributed by atoms with Crippen LogP contribution in [0.5, 0.6) is 0 Å². The first-order valence-corrected chi connectivity index (χ1v) is 8.01. The molecule has 2 heteroatoms. The zero-order valence-electron chi connectivity index (χ0n) is 12.8. The number of thioether (sulfide) groups is 1. The lowest BCUT2D eigenvalue weighted by Crippen LogP contribution is -2.06. The predicted molar refractivity (Wildman–Crippen MR) is 89.4 cm³/mol. The highest BCUT2D eigenvalue weighted by Crippen LogP contribution is 2.25. The van der Waals surface area contributed by atoms with Gasteiger partial charge in [0.2, 0.25) is 0 Å². The highest BCUT2D eigenvalue weighted by atomic mass is 32.2. The Balaban J connectivity index is 2.05. The molecule has 0 heterocycles. The number of benzene rings is 2. The van der Waals surface area contributed by atoms with Crippen molar-refractivity contribution in [3.63, 3.8) is 0 Å². The third-order valence-corrected chi connectivity index (χ3v) is 4.43. The molecule has 0 saturated carbocycles. The minimum Gasteiger partial charge on any atom is -0.316 e. The fourth-order valence-corrected chi connectivity index (χ4v) is 3.39. The fourth-order valence-electron chi connectivity index (χ4n) is 2.47. The van der Waals surface area contributed by atoms with Crippen LogP contribution in [0.3, 0.4) is 0 Å². The van der Waals surface area contributed by atoms with E-state index in [4.69, 9.17) is 0 Å². The van der Waals surface area contributed by atoms with E-state index in [0.717, 1.165) is 12.3 Å². The average molecular weight is 285 g/mol. The molecule has 2 aromatic carbocycles. The summed E-state index contributed by atoms with van der Waals surface area (Å²) < 4.78 is 0. The number of aryl methyl sites for hydroxylation is 3. The minimum atomic E-state index is 0.938. The van der Waals surface area contributed by atoms with Gasteiger partial charge in [0.1, 0.15) is 0 Å². The molecule has 0 unspecified atom stereocenters. The maximum atomic E-state index is 3.21. The van der Waals surface area contributed by atoms with E-state index in [-0.39, 0.29) is 0 Å². The standard InChI is InChI=1S/C18H23NS/c1-13-7-14(2)9-16(8-13)12-20-18-6-5-17(11-19-4)15(3)10-18/h5-10,19H,11-12H2,1-4H3. The molecule has 0 aliphatic rings. The van der Waals surface area contributed by atoms with E-state index in [1.165, 1.54) is 32.7 Å². The summed E-state index contributed by atoms with van der Waals surface area (Å²) >= 11 is 1.91. The Labute approximate surface area is 126 Å². The third-order valence-electron chi connectivity index (χ3n) is 3.37. The van der Waals surface area contributed by atoms with Crippen molar-refractivity contribution < 1.29 is 0 Å². The molecule has 0 radical (unpaired) electrons. The van der Waals surface area contributed by atoms with Gasteiger partial charge in [-0.1, -0.05) is 35.4 Å². The molecule has 0 aromatic heterocycles. The number of nitrogens with one attached hydrogen (secondary N) is 1. The zero-order chi connectivity index (χ0) is 14.5. The molecule has 0 aliphatic heterocycles. The summed E-state index contributed by atoms with van der Waals surface area (Å²) in [6.07, 6.45) is 0. The maximum Gasteiger partial charge on any atom is 0.0232 e. The van der Waals surface area contributed by atoms with E-state index in [9.17, 15) is 0 Å². The van der Waals surface area contributed by atoms with Crippen LogP contribution in [0.4, 0.5) is 0 Å². The molecule has 0 saturated heterocycles. The van der Waals surface area contributed by atoms with Crippen molar-refractivity contribution in [2.24, 2.45) is 0 Å². The first-order valence-electron chi connectivity index (χ1n) is 7.02. The molecule has 106 valence electrons. The van der Waals surface area contributed by atoms with Gasteiger partial charge in [0.15, 0.2) is 0 Å². The first kappa shape index (κ1) is 15.1. The molecule has 20 heavy (non-hydrogen) atoms. The van der Waals surface area contributed by atoms with Crippen molar-refractivity contribution in [2.75, 3.05) is 7.05 Å². The van der Waals surface area contributed by atoms with Crippen LogP contribution in [0.25, 0.3) is 0 Å². The van der Waals surface area contributed by atoms with E-state index in [1.807, 2.05) is 18.8 Å². The van der Waals surface area contributed by atoms with Crippen molar-refractivity contribution in [1.82, 2.24) is 5.32 Å². The van der Waals surface area contributed by atoms with Crippen LogP contribution < -0.4 is 5.32 Å². The van der Waals surface area contributed by atoms with Gasteiger partial charge in [-0.05, 0) is 56.6 Å². The van der Waals surface area contributed by atoms with Gasteiger partial charge in [0.05, 0.1) is 0 Å². The largest absolute Gasteiger partial charge is 0.316 e. The van der Waals surface area contributed by atoms with Crippen LogP contribution in [0.1, 0.15) is 27.8 Å². The smallest absolute Gasteiger partial charge is 0.0232 e. The predicted octanol–water partition coefficient (Wildman–Crippen LogP) is 4.62. The summed E-state index contributed by atoms with van der Waals surface area (Å²) in [6, 6.07) is 13.5. The summed E-state index contributed by atoms with van der Waals surface area (Å²) in [7, 11) is 1.99. The van der Waals surface area contributed by atoms with E-state index in [1.54, 1.807) is 0 Å². The molecular weight excluding hydrogens is 262 g/mol. The van der Waals surface area contributed by atoms with Crippen molar-refractivity contribution in [3.05, 3.63) is 64.2 Å². The average Bonchev–Trinajstić information content (AvgIpc) is 2.38. The number of hydrogen-bond donors (Lipinski definition) is 1. The summed E-state index contributed by atoms with van der Waals surface area (Å²) in [5.41, 5.74) is 6.85.